The standard InChI is InChI=1S/C10H20N2O3/c1-4-6-7-9(5-2)8-12(11-14)10(13)15-3/h9H,4-8H2,1-3H3. The number of unbranched alkanes of at least 4 members (excludes halogenated alkanes) is 1. The van der Waals surface area contributed by atoms with Crippen LogP contribution >= 0.6 is 0 Å². The molecular formula is C10H20N2O3. The van der Waals surface area contributed by atoms with E-state index in [1.165, 1.54) is 7.11 Å². The zero-order chi connectivity index (χ0) is 11.7. The predicted octanol–water partition coefficient (Wildman–Crippen LogP) is 2.95. The zero-order valence-electron chi connectivity index (χ0n) is 9.73. The Morgan fingerprint density at radius 1 is 1.47 bits per heavy atom. The fourth-order valence-corrected chi connectivity index (χ4v) is 1.41. The average Bonchev–Trinajstić information content (AvgIpc) is 2.28. The van der Waals surface area contributed by atoms with Crippen LogP contribution in [0.5, 0.6) is 0 Å². The summed E-state index contributed by atoms with van der Waals surface area (Å²) in [5.74, 6) is 0.321. The molecule has 0 aliphatic heterocycles. The summed E-state index contributed by atoms with van der Waals surface area (Å²) >= 11 is 0. The van der Waals surface area contributed by atoms with Crippen molar-refractivity contribution in [3.8, 4) is 0 Å². The molecule has 1 atom stereocenters. The molecule has 88 valence electrons. The molecule has 15 heavy (non-hydrogen) atoms. The molecule has 1 amide bonds. The second-order valence-electron chi connectivity index (χ2n) is 3.55. The smallest absolute Gasteiger partial charge is 0.432 e. The van der Waals surface area contributed by atoms with Crippen LogP contribution in [0.1, 0.15) is 39.5 Å². The molecule has 5 heteroatoms. The number of hydrogen-bond donors (Lipinski definition) is 0. The molecule has 0 aliphatic rings. The van der Waals surface area contributed by atoms with E-state index in [0.29, 0.717) is 12.5 Å². The highest BCUT2D eigenvalue weighted by Gasteiger charge is 2.18. The SMILES string of the molecule is CCCCC(CC)CN(N=O)C(=O)OC. The number of rotatable bonds is 7. The number of carbonyl (C=O) groups is 1. The van der Waals surface area contributed by atoms with E-state index in [1.807, 2.05) is 6.92 Å². The van der Waals surface area contributed by atoms with Crippen LogP contribution in [0.25, 0.3) is 0 Å². The fourth-order valence-electron chi connectivity index (χ4n) is 1.41. The monoisotopic (exact) mass is 216 g/mol. The molecule has 0 saturated carbocycles. The summed E-state index contributed by atoms with van der Waals surface area (Å²) in [4.78, 5) is 21.5. The van der Waals surface area contributed by atoms with Gasteiger partial charge >= 0.3 is 6.09 Å². The van der Waals surface area contributed by atoms with Crippen molar-refractivity contribution in [2.24, 2.45) is 11.2 Å². The molecule has 5 nitrogen and oxygen atoms in total. The van der Waals surface area contributed by atoms with Gasteiger partial charge < -0.3 is 4.74 Å². The van der Waals surface area contributed by atoms with Gasteiger partial charge in [0.05, 0.1) is 18.9 Å². The van der Waals surface area contributed by atoms with Crippen LogP contribution in [0.4, 0.5) is 4.79 Å². The van der Waals surface area contributed by atoms with E-state index in [9.17, 15) is 9.70 Å². The van der Waals surface area contributed by atoms with Crippen LogP contribution in [-0.2, 0) is 4.74 Å². The van der Waals surface area contributed by atoms with Gasteiger partial charge in [-0.05, 0) is 12.3 Å². The fraction of sp³-hybridized carbons (Fsp3) is 0.900. The number of amides is 1. The van der Waals surface area contributed by atoms with E-state index in [4.69, 9.17) is 0 Å². The van der Waals surface area contributed by atoms with Crippen LogP contribution in [0.15, 0.2) is 5.29 Å². The number of nitrogens with zero attached hydrogens (tertiary/aromatic N) is 2. The van der Waals surface area contributed by atoms with E-state index in [2.05, 4.69) is 16.9 Å². The van der Waals surface area contributed by atoms with Gasteiger partial charge in [-0.1, -0.05) is 33.1 Å². The Balaban J connectivity index is 4.11. The molecule has 0 spiro atoms. The summed E-state index contributed by atoms with van der Waals surface area (Å²) in [6, 6.07) is 0. The Morgan fingerprint density at radius 3 is 2.53 bits per heavy atom. The van der Waals surface area contributed by atoms with Crippen molar-refractivity contribution < 1.29 is 9.53 Å². The van der Waals surface area contributed by atoms with Gasteiger partial charge in [0, 0.05) is 0 Å². The van der Waals surface area contributed by atoms with E-state index in [1.54, 1.807) is 0 Å². The molecule has 0 N–H and O–H groups in total. The van der Waals surface area contributed by atoms with Crippen molar-refractivity contribution in [3.63, 3.8) is 0 Å². The summed E-state index contributed by atoms with van der Waals surface area (Å²) < 4.78 is 4.45. The highest BCUT2D eigenvalue weighted by molar-refractivity contribution is 5.66. The molecule has 1 unspecified atom stereocenters. The molecule has 0 aliphatic carbocycles. The largest absolute Gasteiger partial charge is 0.451 e. The van der Waals surface area contributed by atoms with Crippen molar-refractivity contribution in [2.45, 2.75) is 39.5 Å². The van der Waals surface area contributed by atoms with Crippen molar-refractivity contribution in [3.05, 3.63) is 4.91 Å². The Labute approximate surface area is 90.7 Å². The van der Waals surface area contributed by atoms with E-state index >= 15 is 0 Å². The predicted molar refractivity (Wildman–Crippen MR) is 58.2 cm³/mol. The van der Waals surface area contributed by atoms with Crippen LogP contribution in [0.3, 0.4) is 0 Å². The molecule has 0 heterocycles. The topological polar surface area (TPSA) is 59.0 Å². The highest BCUT2D eigenvalue weighted by atomic mass is 16.6. The first-order valence-electron chi connectivity index (χ1n) is 5.38. The second-order valence-corrected chi connectivity index (χ2v) is 3.55. The summed E-state index contributed by atoms with van der Waals surface area (Å²) in [5, 5.41) is 3.51. The molecule has 0 rings (SSSR count). The number of hydrogen-bond acceptors (Lipinski definition) is 4. The number of nitroso groups, excluding NO2 is 1. The molecule has 0 bridgehead atoms. The van der Waals surface area contributed by atoms with Crippen LogP contribution in [0.2, 0.25) is 0 Å². The van der Waals surface area contributed by atoms with E-state index in [-0.39, 0.29) is 0 Å². The van der Waals surface area contributed by atoms with Gasteiger partial charge in [-0.2, -0.15) is 5.01 Å². The van der Waals surface area contributed by atoms with Gasteiger partial charge in [0.1, 0.15) is 0 Å². The van der Waals surface area contributed by atoms with Crippen LogP contribution in [-0.4, -0.2) is 24.8 Å². The van der Waals surface area contributed by atoms with E-state index in [0.717, 1.165) is 30.7 Å². The van der Waals surface area contributed by atoms with Crippen molar-refractivity contribution >= 4 is 6.09 Å². The molecular weight excluding hydrogens is 196 g/mol. The highest BCUT2D eigenvalue weighted by Crippen LogP contribution is 2.14. The van der Waals surface area contributed by atoms with Gasteiger partial charge in [0.25, 0.3) is 0 Å². The maximum absolute atomic E-state index is 11.1. The Hall–Kier alpha value is -1.13. The lowest BCUT2D eigenvalue weighted by molar-refractivity contribution is 0.115. The lowest BCUT2D eigenvalue weighted by Gasteiger charge is -2.18. The zero-order valence-corrected chi connectivity index (χ0v) is 9.73. The minimum atomic E-state index is -0.681. The van der Waals surface area contributed by atoms with Gasteiger partial charge in [-0.3, -0.25) is 0 Å². The van der Waals surface area contributed by atoms with Gasteiger partial charge in [0.15, 0.2) is 0 Å². The van der Waals surface area contributed by atoms with Gasteiger partial charge in [-0.15, -0.1) is 4.91 Å². The first-order chi connectivity index (χ1) is 7.19. The minimum Gasteiger partial charge on any atom is -0.451 e. The maximum atomic E-state index is 11.1. The third-order valence-electron chi connectivity index (χ3n) is 2.46. The Morgan fingerprint density at radius 2 is 2.13 bits per heavy atom. The molecule has 0 saturated heterocycles. The normalized spacial score (nSPS) is 11.9. The summed E-state index contributed by atoms with van der Waals surface area (Å²) in [6.45, 7) is 4.51. The Bertz CT molecular complexity index is 197. The van der Waals surface area contributed by atoms with Crippen molar-refractivity contribution in [2.75, 3.05) is 13.7 Å². The molecule has 0 aromatic rings. The number of ether oxygens (including phenoxy) is 1. The van der Waals surface area contributed by atoms with Gasteiger partial charge in [0.2, 0.25) is 0 Å². The van der Waals surface area contributed by atoms with E-state index < -0.39 is 6.09 Å². The Kier molecular flexibility index (Phi) is 7.58. The summed E-state index contributed by atoms with van der Waals surface area (Å²) in [7, 11) is 1.24. The van der Waals surface area contributed by atoms with Crippen LogP contribution < -0.4 is 0 Å². The average molecular weight is 216 g/mol. The summed E-state index contributed by atoms with van der Waals surface area (Å²) in [5.41, 5.74) is 0. The molecule has 0 radical (unpaired) electrons. The van der Waals surface area contributed by atoms with Gasteiger partial charge in [-0.25, -0.2) is 4.79 Å². The lowest BCUT2D eigenvalue weighted by atomic mass is 9.99. The minimum absolute atomic E-state index is 0.321. The maximum Gasteiger partial charge on any atom is 0.432 e. The molecule has 0 fully saturated rings. The second kappa shape index (κ2) is 8.20. The molecule has 0 aromatic carbocycles. The lowest BCUT2D eigenvalue weighted by Crippen LogP contribution is -2.30. The third kappa shape index (κ3) is 5.34. The quantitative estimate of drug-likeness (QED) is 0.485. The first-order valence-corrected chi connectivity index (χ1v) is 5.38. The third-order valence-corrected chi connectivity index (χ3v) is 2.46. The van der Waals surface area contributed by atoms with Crippen LogP contribution in [0, 0.1) is 10.8 Å². The van der Waals surface area contributed by atoms with Crippen molar-refractivity contribution in [1.29, 1.82) is 0 Å². The number of methoxy groups -OCH3 is 1. The van der Waals surface area contributed by atoms with Crippen molar-refractivity contribution in [1.82, 2.24) is 5.01 Å². The first kappa shape index (κ1) is 13.9. The molecule has 0 aromatic heterocycles. The summed E-state index contributed by atoms with van der Waals surface area (Å²) in [6.07, 6.45) is 3.48. The number of carbonyl (C=O) groups excluding carboxylic acids is 1.